The number of aryl methyl sites for hydroxylation is 1. The summed E-state index contributed by atoms with van der Waals surface area (Å²) >= 11 is 3.34. The molecule has 1 aliphatic rings. The summed E-state index contributed by atoms with van der Waals surface area (Å²) in [5, 5.41) is 15.2. The first-order valence-corrected chi connectivity index (χ1v) is 9.85. The molecule has 25 heavy (non-hydrogen) atoms. The predicted octanol–water partition coefficient (Wildman–Crippen LogP) is 3.36. The standard InChI is InChI=1S/C16H14N6OS2/c1-2-4-13-11(3-1)17-16(25-13)24-8-14-18-15(23-21-14)9-5-6-10-12(7-9)20-22-19-10/h1-4,9H,5-8H2,(H,19,20,22). The topological polar surface area (TPSA) is 93.4 Å². The third-order valence-electron chi connectivity index (χ3n) is 4.30. The fourth-order valence-corrected chi connectivity index (χ4v) is 4.94. The van der Waals surface area contributed by atoms with Crippen LogP contribution in [0.4, 0.5) is 0 Å². The SMILES string of the molecule is c1ccc2sc(SCc3noc(C4CCc5n[nH]nc5C4)n3)nc2c1. The van der Waals surface area contributed by atoms with Crippen molar-refractivity contribution >= 4 is 33.3 Å². The second-order valence-corrected chi connectivity index (χ2v) is 8.19. The molecule has 7 nitrogen and oxygen atoms in total. The van der Waals surface area contributed by atoms with Crippen molar-refractivity contribution in [2.75, 3.05) is 0 Å². The van der Waals surface area contributed by atoms with Gasteiger partial charge in [-0.25, -0.2) is 4.98 Å². The maximum Gasteiger partial charge on any atom is 0.230 e. The van der Waals surface area contributed by atoms with Crippen LogP contribution < -0.4 is 0 Å². The number of aromatic amines is 1. The van der Waals surface area contributed by atoms with E-state index in [9.17, 15) is 0 Å². The summed E-state index contributed by atoms with van der Waals surface area (Å²) in [6.45, 7) is 0. The second-order valence-electron chi connectivity index (χ2n) is 5.94. The molecule has 1 aromatic carbocycles. The Morgan fingerprint density at radius 2 is 2.12 bits per heavy atom. The van der Waals surface area contributed by atoms with Crippen LogP contribution in [0, 0.1) is 0 Å². The Morgan fingerprint density at radius 1 is 1.20 bits per heavy atom. The van der Waals surface area contributed by atoms with E-state index in [1.165, 1.54) is 4.70 Å². The molecule has 3 heterocycles. The highest BCUT2D eigenvalue weighted by atomic mass is 32.2. The van der Waals surface area contributed by atoms with Crippen LogP contribution in [0.15, 0.2) is 33.1 Å². The quantitative estimate of drug-likeness (QED) is 0.551. The summed E-state index contributed by atoms with van der Waals surface area (Å²) in [5.74, 6) is 2.30. The van der Waals surface area contributed by atoms with Gasteiger partial charge < -0.3 is 4.52 Å². The van der Waals surface area contributed by atoms with Gasteiger partial charge in [-0.2, -0.15) is 20.4 Å². The molecule has 4 aromatic rings. The highest BCUT2D eigenvalue weighted by Gasteiger charge is 2.27. The molecule has 1 atom stereocenters. The Hall–Kier alpha value is -2.26. The van der Waals surface area contributed by atoms with Crippen molar-refractivity contribution in [3.05, 3.63) is 47.4 Å². The minimum Gasteiger partial charge on any atom is -0.339 e. The van der Waals surface area contributed by atoms with Crippen molar-refractivity contribution in [1.29, 1.82) is 0 Å². The van der Waals surface area contributed by atoms with Crippen LogP contribution in [0.25, 0.3) is 10.2 Å². The van der Waals surface area contributed by atoms with E-state index in [0.717, 1.165) is 40.5 Å². The van der Waals surface area contributed by atoms with E-state index in [0.29, 0.717) is 17.5 Å². The summed E-state index contributed by atoms with van der Waals surface area (Å²) in [4.78, 5) is 9.20. The van der Waals surface area contributed by atoms with Gasteiger partial charge >= 0.3 is 0 Å². The Kier molecular flexibility index (Phi) is 3.75. The van der Waals surface area contributed by atoms with Crippen LogP contribution in [0.5, 0.6) is 0 Å². The molecule has 126 valence electrons. The summed E-state index contributed by atoms with van der Waals surface area (Å²) in [5.41, 5.74) is 3.11. The summed E-state index contributed by atoms with van der Waals surface area (Å²) in [7, 11) is 0. The Labute approximate surface area is 151 Å². The van der Waals surface area contributed by atoms with Crippen LogP contribution in [0.1, 0.15) is 35.4 Å². The van der Waals surface area contributed by atoms with Gasteiger partial charge in [0.1, 0.15) is 0 Å². The number of para-hydroxylation sites is 1. The maximum absolute atomic E-state index is 5.49. The van der Waals surface area contributed by atoms with E-state index in [4.69, 9.17) is 4.52 Å². The largest absolute Gasteiger partial charge is 0.339 e. The van der Waals surface area contributed by atoms with Gasteiger partial charge in [0.2, 0.25) is 5.89 Å². The van der Waals surface area contributed by atoms with Crippen LogP contribution in [0.3, 0.4) is 0 Å². The van der Waals surface area contributed by atoms with Crippen molar-refractivity contribution in [1.82, 2.24) is 30.5 Å². The van der Waals surface area contributed by atoms with Crippen LogP contribution in [-0.4, -0.2) is 30.5 Å². The number of nitrogens with one attached hydrogen (secondary N) is 1. The summed E-state index contributed by atoms with van der Waals surface area (Å²) in [6.07, 6.45) is 2.67. The van der Waals surface area contributed by atoms with Gasteiger partial charge in [-0.05, 0) is 25.0 Å². The van der Waals surface area contributed by atoms with Crippen LogP contribution in [-0.2, 0) is 18.6 Å². The molecule has 0 saturated carbocycles. The second kappa shape index (κ2) is 6.23. The molecular formula is C16H14N6OS2. The normalized spacial score (nSPS) is 17.0. The molecule has 5 rings (SSSR count). The van der Waals surface area contributed by atoms with Gasteiger partial charge in [-0.15, -0.1) is 11.3 Å². The number of rotatable bonds is 4. The van der Waals surface area contributed by atoms with E-state index in [-0.39, 0.29) is 5.92 Å². The zero-order valence-electron chi connectivity index (χ0n) is 13.2. The molecule has 1 aliphatic carbocycles. The summed E-state index contributed by atoms with van der Waals surface area (Å²) < 4.78 is 7.72. The molecule has 9 heteroatoms. The maximum atomic E-state index is 5.49. The molecule has 0 radical (unpaired) electrons. The van der Waals surface area contributed by atoms with Gasteiger partial charge in [0.15, 0.2) is 10.2 Å². The Balaban J connectivity index is 1.27. The van der Waals surface area contributed by atoms with E-state index in [2.05, 4.69) is 36.6 Å². The van der Waals surface area contributed by atoms with Crippen molar-refractivity contribution in [2.24, 2.45) is 0 Å². The lowest BCUT2D eigenvalue weighted by atomic mass is 9.90. The zero-order chi connectivity index (χ0) is 16.6. The number of fused-ring (bicyclic) bond motifs is 2. The molecule has 0 aliphatic heterocycles. The van der Waals surface area contributed by atoms with E-state index in [1.807, 2.05) is 18.2 Å². The van der Waals surface area contributed by atoms with E-state index in [1.54, 1.807) is 23.1 Å². The fourth-order valence-electron chi connectivity index (χ4n) is 3.03. The van der Waals surface area contributed by atoms with Crippen LogP contribution >= 0.6 is 23.1 Å². The monoisotopic (exact) mass is 370 g/mol. The summed E-state index contributed by atoms with van der Waals surface area (Å²) in [6, 6.07) is 8.16. The predicted molar refractivity (Wildman–Crippen MR) is 94.6 cm³/mol. The van der Waals surface area contributed by atoms with Crippen molar-refractivity contribution < 1.29 is 4.52 Å². The number of thioether (sulfide) groups is 1. The highest BCUT2D eigenvalue weighted by Crippen LogP contribution is 2.32. The minimum atomic E-state index is 0.228. The van der Waals surface area contributed by atoms with Gasteiger partial charge in [0.05, 0.1) is 27.4 Å². The van der Waals surface area contributed by atoms with Crippen molar-refractivity contribution in [3.63, 3.8) is 0 Å². The molecule has 0 fully saturated rings. The third kappa shape index (κ3) is 2.93. The lowest BCUT2D eigenvalue weighted by Crippen LogP contribution is -2.13. The number of aromatic nitrogens is 6. The number of H-pyrrole nitrogens is 1. The number of hydrogen-bond donors (Lipinski definition) is 1. The van der Waals surface area contributed by atoms with Crippen molar-refractivity contribution in [3.8, 4) is 0 Å². The molecule has 1 N–H and O–H groups in total. The highest BCUT2D eigenvalue weighted by molar-refractivity contribution is 8.00. The number of nitrogens with zero attached hydrogens (tertiary/aromatic N) is 5. The molecule has 0 saturated heterocycles. The van der Waals surface area contributed by atoms with Gasteiger partial charge in [-0.1, -0.05) is 29.1 Å². The minimum absolute atomic E-state index is 0.228. The molecule has 0 amide bonds. The Bertz CT molecular complexity index is 989. The number of benzene rings is 1. The molecule has 0 bridgehead atoms. The van der Waals surface area contributed by atoms with Gasteiger partial charge in [0, 0.05) is 12.3 Å². The van der Waals surface area contributed by atoms with E-state index < -0.39 is 0 Å². The molecule has 1 unspecified atom stereocenters. The van der Waals surface area contributed by atoms with Crippen molar-refractivity contribution in [2.45, 2.75) is 35.3 Å². The average molecular weight is 370 g/mol. The first kappa shape index (κ1) is 15.0. The van der Waals surface area contributed by atoms with E-state index >= 15 is 0 Å². The third-order valence-corrected chi connectivity index (χ3v) is 6.48. The fraction of sp³-hybridized carbons (Fsp3) is 0.312. The average Bonchev–Trinajstić information content (AvgIpc) is 3.37. The molecule has 3 aromatic heterocycles. The van der Waals surface area contributed by atoms with Gasteiger partial charge in [-0.3, -0.25) is 0 Å². The zero-order valence-corrected chi connectivity index (χ0v) is 14.8. The number of hydrogen-bond acceptors (Lipinski definition) is 8. The van der Waals surface area contributed by atoms with Gasteiger partial charge in [0.25, 0.3) is 0 Å². The lowest BCUT2D eigenvalue weighted by molar-refractivity contribution is 0.337. The first-order valence-electron chi connectivity index (χ1n) is 8.04. The lowest BCUT2D eigenvalue weighted by Gasteiger charge is -2.15. The number of thiazole rings is 1. The van der Waals surface area contributed by atoms with Crippen LogP contribution in [0.2, 0.25) is 0 Å². The molecule has 0 spiro atoms. The smallest absolute Gasteiger partial charge is 0.230 e. The molecular weight excluding hydrogens is 356 g/mol. The Morgan fingerprint density at radius 3 is 3.08 bits per heavy atom. The first-order chi connectivity index (χ1) is 12.3.